The SMILES string of the molecule is COc1cccc([C@@H]2C(C(=O)OC(C)C)=C(C)N=c3s/c(=C\c4ccc(C(=O)[O-])cc4)c(=O)n32)c1. The molecule has 0 saturated carbocycles. The van der Waals surface area contributed by atoms with Crippen LogP contribution in [-0.4, -0.2) is 29.7 Å². The van der Waals surface area contributed by atoms with Crippen LogP contribution >= 0.6 is 11.3 Å². The zero-order valence-corrected chi connectivity index (χ0v) is 20.4. The Morgan fingerprint density at radius 2 is 1.89 bits per heavy atom. The molecule has 0 amide bonds. The van der Waals surface area contributed by atoms with Gasteiger partial charge in [0.25, 0.3) is 5.56 Å². The zero-order valence-electron chi connectivity index (χ0n) is 19.6. The van der Waals surface area contributed by atoms with Crippen LogP contribution in [0.1, 0.15) is 48.3 Å². The molecule has 1 aliphatic heterocycles. The van der Waals surface area contributed by atoms with Crippen molar-refractivity contribution in [2.24, 2.45) is 4.99 Å². The van der Waals surface area contributed by atoms with Crippen molar-refractivity contribution < 1.29 is 24.2 Å². The maximum atomic E-state index is 13.6. The number of hydrogen-bond donors (Lipinski definition) is 0. The zero-order chi connectivity index (χ0) is 25.3. The van der Waals surface area contributed by atoms with Crippen molar-refractivity contribution in [1.82, 2.24) is 4.57 Å². The number of ether oxygens (including phenoxy) is 2. The van der Waals surface area contributed by atoms with E-state index in [1.165, 1.54) is 28.0 Å². The molecule has 9 heteroatoms. The highest BCUT2D eigenvalue weighted by atomic mass is 32.1. The van der Waals surface area contributed by atoms with Crippen molar-refractivity contribution in [1.29, 1.82) is 0 Å². The molecule has 0 unspecified atom stereocenters. The number of fused-ring (bicyclic) bond motifs is 1. The van der Waals surface area contributed by atoms with E-state index in [4.69, 9.17) is 9.47 Å². The molecule has 1 aliphatic rings. The lowest BCUT2D eigenvalue weighted by molar-refractivity contribution is -0.255. The minimum atomic E-state index is -1.27. The van der Waals surface area contributed by atoms with E-state index < -0.39 is 18.0 Å². The van der Waals surface area contributed by atoms with Crippen molar-refractivity contribution in [2.75, 3.05) is 7.11 Å². The molecule has 0 radical (unpaired) electrons. The van der Waals surface area contributed by atoms with E-state index in [1.54, 1.807) is 64.3 Å². The first-order valence-electron chi connectivity index (χ1n) is 10.9. The first-order chi connectivity index (χ1) is 16.7. The molecule has 0 aliphatic carbocycles. The van der Waals surface area contributed by atoms with Crippen LogP contribution in [0.2, 0.25) is 0 Å². The number of carbonyl (C=O) groups excluding carboxylic acids is 2. The lowest BCUT2D eigenvalue weighted by Gasteiger charge is -2.25. The third kappa shape index (κ3) is 4.81. The van der Waals surface area contributed by atoms with Gasteiger partial charge < -0.3 is 19.4 Å². The van der Waals surface area contributed by atoms with Gasteiger partial charge in [-0.25, -0.2) is 9.79 Å². The number of aromatic nitrogens is 1. The van der Waals surface area contributed by atoms with Gasteiger partial charge in [0.15, 0.2) is 4.80 Å². The third-order valence-electron chi connectivity index (χ3n) is 5.44. The van der Waals surface area contributed by atoms with Gasteiger partial charge in [-0.3, -0.25) is 9.36 Å². The van der Waals surface area contributed by atoms with E-state index in [0.29, 0.717) is 31.9 Å². The second-order valence-corrected chi connectivity index (χ2v) is 9.23. The Hall–Kier alpha value is -3.98. The van der Waals surface area contributed by atoms with Gasteiger partial charge >= 0.3 is 5.97 Å². The number of allylic oxidation sites excluding steroid dienone is 1. The van der Waals surface area contributed by atoms with E-state index in [9.17, 15) is 19.5 Å². The molecular formula is C26H23N2O6S-. The fourth-order valence-corrected chi connectivity index (χ4v) is 4.90. The molecule has 35 heavy (non-hydrogen) atoms. The molecule has 0 bridgehead atoms. The molecule has 2 aromatic carbocycles. The average molecular weight is 492 g/mol. The van der Waals surface area contributed by atoms with Gasteiger partial charge in [-0.2, -0.15) is 0 Å². The molecule has 4 rings (SSSR count). The highest BCUT2D eigenvalue weighted by molar-refractivity contribution is 7.07. The van der Waals surface area contributed by atoms with Crippen LogP contribution < -0.4 is 24.7 Å². The number of esters is 1. The van der Waals surface area contributed by atoms with Crippen molar-refractivity contribution in [3.8, 4) is 5.75 Å². The number of nitrogens with zero attached hydrogens (tertiary/aromatic N) is 2. The number of carboxylic acids is 1. The van der Waals surface area contributed by atoms with Gasteiger partial charge in [0.05, 0.1) is 41.0 Å². The molecule has 0 spiro atoms. The molecule has 0 saturated heterocycles. The predicted octanol–water partition coefficient (Wildman–Crippen LogP) is 1.56. The summed E-state index contributed by atoms with van der Waals surface area (Å²) in [5.74, 6) is -1.23. The summed E-state index contributed by atoms with van der Waals surface area (Å²) >= 11 is 1.19. The quantitative estimate of drug-likeness (QED) is 0.484. The first kappa shape index (κ1) is 24.2. The Bertz CT molecular complexity index is 1510. The summed E-state index contributed by atoms with van der Waals surface area (Å²) in [6.45, 7) is 5.24. The summed E-state index contributed by atoms with van der Waals surface area (Å²) < 4.78 is 12.7. The fraction of sp³-hybridized carbons (Fsp3) is 0.231. The van der Waals surface area contributed by atoms with E-state index in [1.807, 2.05) is 6.07 Å². The number of carboxylic acid groups (broad SMARTS) is 1. The molecule has 2 heterocycles. The van der Waals surface area contributed by atoms with Crippen LogP contribution in [0.4, 0.5) is 0 Å². The standard InChI is InChI=1S/C26H24N2O6S/c1-14(2)34-25(32)21-15(3)27-26-28(22(21)18-6-5-7-19(13-18)33-4)23(29)20(35-26)12-16-8-10-17(11-9-16)24(30)31/h5-14,22H,1-4H3,(H,30,31)/p-1/b20-12-/t22-/m1/s1. The average Bonchev–Trinajstić information content (AvgIpc) is 3.12. The maximum Gasteiger partial charge on any atom is 0.338 e. The normalized spacial score (nSPS) is 15.6. The Kier molecular flexibility index (Phi) is 6.70. The van der Waals surface area contributed by atoms with Crippen molar-refractivity contribution in [3.63, 3.8) is 0 Å². The van der Waals surface area contributed by atoms with Crippen molar-refractivity contribution >= 4 is 29.4 Å². The number of hydrogen-bond acceptors (Lipinski definition) is 8. The first-order valence-corrected chi connectivity index (χ1v) is 11.7. The summed E-state index contributed by atoms with van der Waals surface area (Å²) in [6, 6.07) is 12.5. The van der Waals surface area contributed by atoms with Crippen LogP contribution in [0.5, 0.6) is 5.75 Å². The lowest BCUT2D eigenvalue weighted by Crippen LogP contribution is -2.40. The molecule has 1 aromatic heterocycles. The van der Waals surface area contributed by atoms with Crippen molar-refractivity contribution in [2.45, 2.75) is 32.9 Å². The highest BCUT2D eigenvalue weighted by Gasteiger charge is 2.34. The van der Waals surface area contributed by atoms with Crippen LogP contribution in [-0.2, 0) is 9.53 Å². The predicted molar refractivity (Wildman–Crippen MR) is 129 cm³/mol. The Balaban J connectivity index is 1.91. The fourth-order valence-electron chi connectivity index (χ4n) is 3.85. The highest BCUT2D eigenvalue weighted by Crippen LogP contribution is 2.32. The molecule has 1 atom stereocenters. The molecule has 0 fully saturated rings. The van der Waals surface area contributed by atoms with E-state index in [0.717, 1.165) is 0 Å². The van der Waals surface area contributed by atoms with Gasteiger partial charge in [0.2, 0.25) is 0 Å². The van der Waals surface area contributed by atoms with E-state index in [2.05, 4.69) is 4.99 Å². The summed E-state index contributed by atoms with van der Waals surface area (Å²) in [5.41, 5.74) is 1.80. The van der Waals surface area contributed by atoms with Gasteiger partial charge in [0, 0.05) is 0 Å². The third-order valence-corrected chi connectivity index (χ3v) is 6.42. The summed E-state index contributed by atoms with van der Waals surface area (Å²) in [7, 11) is 1.55. The van der Waals surface area contributed by atoms with Gasteiger partial charge in [0.1, 0.15) is 5.75 Å². The van der Waals surface area contributed by atoms with Crippen molar-refractivity contribution in [3.05, 3.63) is 96.2 Å². The Morgan fingerprint density at radius 1 is 1.17 bits per heavy atom. The van der Waals surface area contributed by atoms with E-state index in [-0.39, 0.29) is 22.8 Å². The van der Waals surface area contributed by atoms with Crippen LogP contribution in [0.25, 0.3) is 6.08 Å². The minimum Gasteiger partial charge on any atom is -0.545 e. The van der Waals surface area contributed by atoms with E-state index >= 15 is 0 Å². The number of benzene rings is 2. The molecular weight excluding hydrogens is 468 g/mol. The minimum absolute atomic E-state index is 0.0468. The number of rotatable bonds is 6. The number of thiazole rings is 1. The second kappa shape index (κ2) is 9.71. The van der Waals surface area contributed by atoms with Gasteiger partial charge in [-0.1, -0.05) is 47.7 Å². The Morgan fingerprint density at radius 3 is 2.51 bits per heavy atom. The van der Waals surface area contributed by atoms with Crippen LogP contribution in [0.15, 0.2) is 69.6 Å². The largest absolute Gasteiger partial charge is 0.545 e. The maximum absolute atomic E-state index is 13.6. The van der Waals surface area contributed by atoms with Gasteiger partial charge in [-0.05, 0) is 55.7 Å². The molecule has 3 aromatic rings. The topological polar surface area (TPSA) is 110 Å². The lowest BCUT2D eigenvalue weighted by atomic mass is 9.95. The van der Waals surface area contributed by atoms with Gasteiger partial charge in [-0.15, -0.1) is 0 Å². The summed E-state index contributed by atoms with van der Waals surface area (Å²) in [4.78, 5) is 42.7. The smallest absolute Gasteiger partial charge is 0.338 e. The number of methoxy groups -OCH3 is 1. The number of carbonyl (C=O) groups is 2. The summed E-state index contributed by atoms with van der Waals surface area (Å²) in [6.07, 6.45) is 1.32. The monoisotopic (exact) mass is 491 g/mol. The molecule has 8 nitrogen and oxygen atoms in total. The Labute approximate surface area is 205 Å². The second-order valence-electron chi connectivity index (χ2n) is 8.22. The molecule has 180 valence electrons. The van der Waals surface area contributed by atoms with Crippen LogP contribution in [0, 0.1) is 0 Å². The van der Waals surface area contributed by atoms with Crippen LogP contribution in [0.3, 0.4) is 0 Å². The molecule has 0 N–H and O–H groups in total. The summed E-state index contributed by atoms with van der Waals surface area (Å²) in [5, 5.41) is 11.0. The number of aromatic carboxylic acids is 1.